The number of hydrogen-bond acceptors (Lipinski definition) is 2. The van der Waals surface area contributed by atoms with E-state index in [1.807, 2.05) is 0 Å². The normalized spacial score (nSPS) is 19.7. The van der Waals surface area contributed by atoms with Gasteiger partial charge in [-0.15, -0.1) is 23.2 Å². The zero-order chi connectivity index (χ0) is 23.1. The Labute approximate surface area is 200 Å². The number of Topliss-reactive ketones (excluding diaryl/α,β-unsaturated/α-hetero) is 1. The van der Waals surface area contributed by atoms with Crippen LogP contribution >= 0.6 is 58.0 Å². The van der Waals surface area contributed by atoms with Gasteiger partial charge in [-0.25, -0.2) is 0 Å². The van der Waals surface area contributed by atoms with E-state index < -0.39 is 46.9 Å². The molecule has 1 fully saturated rings. The molecular weight excluding hydrogens is 520 g/mol. The van der Waals surface area contributed by atoms with Gasteiger partial charge in [0, 0.05) is 33.6 Å². The monoisotopic (exact) mass is 531 g/mol. The summed E-state index contributed by atoms with van der Waals surface area (Å²) in [6, 6.07) is 8.68. The molecule has 0 saturated heterocycles. The van der Waals surface area contributed by atoms with Crippen LogP contribution in [0.1, 0.15) is 34.7 Å². The molecule has 0 bridgehead atoms. The van der Waals surface area contributed by atoms with Crippen molar-refractivity contribution in [1.29, 1.82) is 0 Å². The second kappa shape index (κ2) is 8.99. The number of nitrogens with one attached hydrogen (secondary N) is 1. The zero-order valence-electron chi connectivity index (χ0n) is 15.4. The molecule has 31 heavy (non-hydrogen) atoms. The summed E-state index contributed by atoms with van der Waals surface area (Å²) in [4.78, 5) is 24.9. The third-order valence-corrected chi connectivity index (χ3v) is 6.46. The molecule has 2 unspecified atom stereocenters. The summed E-state index contributed by atoms with van der Waals surface area (Å²) in [5, 5.41) is 3.27. The van der Waals surface area contributed by atoms with E-state index in [4.69, 9.17) is 58.0 Å². The number of carbonyl (C=O) groups excluding carboxylic acids is 2. The second-order valence-electron chi connectivity index (χ2n) is 7.05. The van der Waals surface area contributed by atoms with Crippen molar-refractivity contribution in [3.63, 3.8) is 0 Å². The molecule has 3 rings (SSSR count). The first-order valence-electron chi connectivity index (χ1n) is 8.84. The van der Waals surface area contributed by atoms with Crippen molar-refractivity contribution in [3.05, 3.63) is 62.6 Å². The molecule has 0 radical (unpaired) electrons. The van der Waals surface area contributed by atoms with Gasteiger partial charge < -0.3 is 5.32 Å². The van der Waals surface area contributed by atoms with Crippen LogP contribution in [-0.2, 0) is 4.79 Å². The lowest BCUT2D eigenvalue weighted by Gasteiger charge is -2.10. The van der Waals surface area contributed by atoms with Crippen molar-refractivity contribution >= 4 is 75.4 Å². The summed E-state index contributed by atoms with van der Waals surface area (Å²) in [7, 11) is 0. The van der Waals surface area contributed by atoms with Gasteiger partial charge in [0.15, 0.2) is 5.78 Å². The molecule has 2 aromatic carbocycles. The van der Waals surface area contributed by atoms with Crippen LogP contribution in [0.2, 0.25) is 15.1 Å². The number of alkyl halides is 5. The third kappa shape index (κ3) is 5.79. The first kappa shape index (κ1) is 24.5. The van der Waals surface area contributed by atoms with E-state index in [0.717, 1.165) is 0 Å². The Kier molecular flexibility index (Phi) is 7.09. The van der Waals surface area contributed by atoms with Crippen LogP contribution in [0.3, 0.4) is 0 Å². The highest BCUT2D eigenvalue weighted by molar-refractivity contribution is 6.53. The molecule has 166 valence electrons. The van der Waals surface area contributed by atoms with E-state index in [9.17, 15) is 22.8 Å². The Morgan fingerprint density at radius 1 is 1.00 bits per heavy atom. The average Bonchev–Trinajstić information content (AvgIpc) is 3.22. The minimum absolute atomic E-state index is 0.0212. The van der Waals surface area contributed by atoms with Gasteiger partial charge in [0.05, 0.1) is 17.4 Å². The van der Waals surface area contributed by atoms with Crippen molar-refractivity contribution in [2.75, 3.05) is 5.32 Å². The SMILES string of the molecule is O=C(CCC(F)(F)F)c1cc(NC(=O)C2C(c3cc(Cl)cc(Cl)c3)C2(Cl)Cl)ccc1Cl. The quantitative estimate of drug-likeness (QED) is 0.306. The molecule has 0 aromatic heterocycles. The van der Waals surface area contributed by atoms with Crippen LogP contribution < -0.4 is 5.32 Å². The lowest BCUT2D eigenvalue weighted by atomic mass is 10.1. The predicted octanol–water partition coefficient (Wildman–Crippen LogP) is 7.70. The summed E-state index contributed by atoms with van der Waals surface area (Å²) in [5.41, 5.74) is 0.631. The Balaban J connectivity index is 1.75. The van der Waals surface area contributed by atoms with Crippen LogP contribution in [0, 0.1) is 5.92 Å². The van der Waals surface area contributed by atoms with E-state index in [-0.39, 0.29) is 16.3 Å². The molecule has 11 heteroatoms. The molecule has 1 aliphatic carbocycles. The van der Waals surface area contributed by atoms with Gasteiger partial charge in [0.25, 0.3) is 0 Å². The standard InChI is InChI=1S/C20H13Cl5F3NO2/c21-10-5-9(6-11(22)7-10)16-17(20(16,24)25)18(31)29-12-1-2-14(23)13(8-12)15(30)3-4-19(26,27)28/h1-2,5-8,16-17H,3-4H2,(H,29,31). The first-order chi connectivity index (χ1) is 14.3. The van der Waals surface area contributed by atoms with E-state index >= 15 is 0 Å². The zero-order valence-corrected chi connectivity index (χ0v) is 19.2. The summed E-state index contributed by atoms with van der Waals surface area (Å²) in [6.07, 6.45) is -6.50. The molecule has 1 aliphatic rings. The molecule has 0 spiro atoms. The molecule has 2 aromatic rings. The van der Waals surface area contributed by atoms with Crippen LogP contribution in [0.4, 0.5) is 18.9 Å². The van der Waals surface area contributed by atoms with Crippen molar-refractivity contribution in [1.82, 2.24) is 0 Å². The van der Waals surface area contributed by atoms with Crippen LogP contribution in [0.15, 0.2) is 36.4 Å². The summed E-state index contributed by atoms with van der Waals surface area (Å²) in [6.45, 7) is 0. The smallest absolute Gasteiger partial charge is 0.326 e. The van der Waals surface area contributed by atoms with E-state index in [2.05, 4.69) is 5.32 Å². The number of amides is 1. The first-order valence-corrected chi connectivity index (χ1v) is 10.7. The van der Waals surface area contributed by atoms with Crippen molar-refractivity contribution in [2.24, 2.45) is 5.92 Å². The van der Waals surface area contributed by atoms with Crippen molar-refractivity contribution in [2.45, 2.75) is 29.3 Å². The number of hydrogen-bond donors (Lipinski definition) is 1. The number of carbonyl (C=O) groups is 2. The maximum Gasteiger partial charge on any atom is 0.389 e. The molecular formula is C20H13Cl5F3NO2. The second-order valence-corrected chi connectivity index (χ2v) is 9.78. The number of benzene rings is 2. The topological polar surface area (TPSA) is 46.2 Å². The number of halogens is 8. The van der Waals surface area contributed by atoms with Gasteiger partial charge in [-0.05, 0) is 42.0 Å². The summed E-state index contributed by atoms with van der Waals surface area (Å²) >= 11 is 30.6. The maximum absolute atomic E-state index is 12.8. The fourth-order valence-electron chi connectivity index (χ4n) is 3.25. The fraction of sp³-hybridized carbons (Fsp3) is 0.300. The minimum atomic E-state index is -4.47. The molecule has 1 N–H and O–H groups in total. The van der Waals surface area contributed by atoms with Gasteiger partial charge in [-0.2, -0.15) is 13.2 Å². The molecule has 2 atom stereocenters. The third-order valence-electron chi connectivity index (χ3n) is 4.75. The van der Waals surface area contributed by atoms with E-state index in [1.165, 1.54) is 24.3 Å². The van der Waals surface area contributed by atoms with Gasteiger partial charge in [-0.1, -0.05) is 34.8 Å². The lowest BCUT2D eigenvalue weighted by Crippen LogP contribution is -2.17. The fourth-order valence-corrected chi connectivity index (χ4v) is 4.84. The molecule has 1 amide bonds. The summed E-state index contributed by atoms with van der Waals surface area (Å²) in [5.74, 6) is -2.75. The predicted molar refractivity (Wildman–Crippen MR) is 117 cm³/mol. The highest BCUT2D eigenvalue weighted by atomic mass is 35.5. The highest BCUT2D eigenvalue weighted by Crippen LogP contribution is 2.65. The molecule has 1 saturated carbocycles. The van der Waals surface area contributed by atoms with Gasteiger partial charge in [0.2, 0.25) is 5.91 Å². The van der Waals surface area contributed by atoms with Crippen LogP contribution in [0.5, 0.6) is 0 Å². The average molecular weight is 534 g/mol. The largest absolute Gasteiger partial charge is 0.389 e. The van der Waals surface area contributed by atoms with Gasteiger partial charge in [0.1, 0.15) is 4.33 Å². The maximum atomic E-state index is 12.8. The lowest BCUT2D eigenvalue weighted by molar-refractivity contribution is -0.133. The van der Waals surface area contributed by atoms with Gasteiger partial charge in [-0.3, -0.25) is 9.59 Å². The Bertz CT molecular complexity index is 1020. The molecule has 0 heterocycles. The summed E-state index contributed by atoms with van der Waals surface area (Å²) < 4.78 is 35.8. The Morgan fingerprint density at radius 3 is 2.19 bits per heavy atom. The Hall–Kier alpha value is -1.18. The number of rotatable bonds is 6. The minimum Gasteiger partial charge on any atom is -0.326 e. The Morgan fingerprint density at radius 2 is 1.61 bits per heavy atom. The molecule has 3 nitrogen and oxygen atoms in total. The van der Waals surface area contributed by atoms with E-state index in [1.54, 1.807) is 12.1 Å². The van der Waals surface area contributed by atoms with Crippen molar-refractivity contribution < 1.29 is 22.8 Å². The number of anilines is 1. The van der Waals surface area contributed by atoms with Crippen LogP contribution in [0.25, 0.3) is 0 Å². The van der Waals surface area contributed by atoms with Crippen LogP contribution in [-0.4, -0.2) is 22.2 Å². The highest BCUT2D eigenvalue weighted by Gasteiger charge is 2.67. The molecule has 0 aliphatic heterocycles. The number of ketones is 1. The van der Waals surface area contributed by atoms with E-state index in [0.29, 0.717) is 15.6 Å². The van der Waals surface area contributed by atoms with Crippen molar-refractivity contribution in [3.8, 4) is 0 Å². The van der Waals surface area contributed by atoms with Gasteiger partial charge >= 0.3 is 6.18 Å².